The summed E-state index contributed by atoms with van der Waals surface area (Å²) in [6.07, 6.45) is 7.07. The summed E-state index contributed by atoms with van der Waals surface area (Å²) in [5.74, 6) is 0.498. The predicted octanol–water partition coefficient (Wildman–Crippen LogP) is 3.58. The van der Waals surface area contributed by atoms with Crippen molar-refractivity contribution in [1.82, 2.24) is 5.32 Å². The minimum Gasteiger partial charge on any atom is -0.487 e. The normalized spacial score (nSPS) is 20.9. The van der Waals surface area contributed by atoms with Crippen LogP contribution in [0.4, 0.5) is 4.39 Å². The van der Waals surface area contributed by atoms with Crippen molar-refractivity contribution in [3.05, 3.63) is 29.6 Å². The van der Waals surface area contributed by atoms with Crippen LogP contribution in [-0.2, 0) is 0 Å². The van der Waals surface area contributed by atoms with E-state index in [1.807, 2.05) is 6.92 Å². The van der Waals surface area contributed by atoms with Gasteiger partial charge in [0.05, 0.1) is 0 Å². The monoisotopic (exact) mass is 263 g/mol. The third kappa shape index (κ3) is 3.08. The summed E-state index contributed by atoms with van der Waals surface area (Å²) in [6.45, 7) is 2.99. The van der Waals surface area contributed by atoms with Crippen LogP contribution in [0.1, 0.15) is 44.1 Å². The Balaban J connectivity index is 1.62. The molecule has 1 aromatic carbocycles. The van der Waals surface area contributed by atoms with Crippen molar-refractivity contribution in [1.29, 1.82) is 0 Å². The number of aryl methyl sites for hydroxylation is 1. The minimum absolute atomic E-state index is 0.0551. The molecule has 0 radical (unpaired) electrons. The first-order valence-electron chi connectivity index (χ1n) is 7.35. The van der Waals surface area contributed by atoms with Gasteiger partial charge >= 0.3 is 0 Å². The second-order valence-electron chi connectivity index (χ2n) is 6.03. The first-order valence-corrected chi connectivity index (χ1v) is 7.35. The van der Waals surface area contributed by atoms with E-state index in [4.69, 9.17) is 4.74 Å². The lowest BCUT2D eigenvalue weighted by atomic mass is 9.77. The first-order chi connectivity index (χ1) is 9.17. The molecule has 3 heteroatoms. The highest BCUT2D eigenvalue weighted by atomic mass is 19.1. The lowest BCUT2D eigenvalue weighted by Gasteiger charge is -2.42. The molecule has 0 amide bonds. The molecule has 2 nitrogen and oxygen atoms in total. The van der Waals surface area contributed by atoms with Gasteiger partial charge in [-0.05, 0) is 63.6 Å². The molecule has 2 saturated carbocycles. The van der Waals surface area contributed by atoms with Crippen molar-refractivity contribution in [2.45, 2.75) is 57.1 Å². The molecule has 104 valence electrons. The lowest BCUT2D eigenvalue weighted by Crippen LogP contribution is -2.45. The van der Waals surface area contributed by atoms with Gasteiger partial charge in [0.2, 0.25) is 0 Å². The van der Waals surface area contributed by atoms with E-state index in [2.05, 4.69) is 5.32 Å². The maximum Gasteiger partial charge on any atom is 0.126 e. The summed E-state index contributed by atoms with van der Waals surface area (Å²) in [5, 5.41) is 3.54. The lowest BCUT2D eigenvalue weighted by molar-refractivity contribution is -0.0150. The van der Waals surface area contributed by atoms with Gasteiger partial charge < -0.3 is 10.1 Å². The van der Waals surface area contributed by atoms with Crippen LogP contribution in [0.5, 0.6) is 5.75 Å². The summed E-state index contributed by atoms with van der Waals surface area (Å²) in [5.41, 5.74) is 0.961. The largest absolute Gasteiger partial charge is 0.487 e. The summed E-state index contributed by atoms with van der Waals surface area (Å²) in [7, 11) is 0. The topological polar surface area (TPSA) is 21.3 Å². The van der Waals surface area contributed by atoms with Gasteiger partial charge in [-0.3, -0.25) is 0 Å². The Kier molecular flexibility index (Phi) is 3.48. The molecule has 0 aromatic heterocycles. The standard InChI is InChI=1S/C16H22FNO/c1-12-3-4-13(17)11-15(12)19-16(7-2-8-16)9-10-18-14-5-6-14/h3-4,11,14,18H,2,5-10H2,1H3. The van der Waals surface area contributed by atoms with Crippen molar-refractivity contribution in [3.63, 3.8) is 0 Å². The van der Waals surface area contributed by atoms with E-state index in [-0.39, 0.29) is 11.4 Å². The van der Waals surface area contributed by atoms with E-state index in [0.717, 1.165) is 37.4 Å². The average Bonchev–Trinajstić information content (AvgIpc) is 3.14. The molecule has 0 bridgehead atoms. The fourth-order valence-electron chi connectivity index (χ4n) is 2.68. The van der Waals surface area contributed by atoms with Crippen LogP contribution in [0.2, 0.25) is 0 Å². The van der Waals surface area contributed by atoms with Gasteiger partial charge in [-0.1, -0.05) is 6.07 Å². The number of benzene rings is 1. The average molecular weight is 263 g/mol. The van der Waals surface area contributed by atoms with Crippen molar-refractivity contribution < 1.29 is 9.13 Å². The molecule has 0 aliphatic heterocycles. The maximum atomic E-state index is 13.3. The van der Waals surface area contributed by atoms with Crippen LogP contribution in [0.25, 0.3) is 0 Å². The molecular formula is C16H22FNO. The Morgan fingerprint density at radius 2 is 2.16 bits per heavy atom. The maximum absolute atomic E-state index is 13.3. The second-order valence-corrected chi connectivity index (χ2v) is 6.03. The quantitative estimate of drug-likeness (QED) is 0.847. The molecule has 0 saturated heterocycles. The van der Waals surface area contributed by atoms with Gasteiger partial charge in [-0.15, -0.1) is 0 Å². The number of hydrogen-bond donors (Lipinski definition) is 1. The number of ether oxygens (including phenoxy) is 1. The Labute approximate surface area is 114 Å². The van der Waals surface area contributed by atoms with Gasteiger partial charge in [-0.25, -0.2) is 4.39 Å². The summed E-state index contributed by atoms with van der Waals surface area (Å²) < 4.78 is 19.5. The van der Waals surface area contributed by atoms with Crippen molar-refractivity contribution >= 4 is 0 Å². The van der Waals surface area contributed by atoms with Crippen LogP contribution in [-0.4, -0.2) is 18.2 Å². The fraction of sp³-hybridized carbons (Fsp3) is 0.625. The Morgan fingerprint density at radius 3 is 2.79 bits per heavy atom. The SMILES string of the molecule is Cc1ccc(F)cc1OC1(CCNC2CC2)CCC1. The molecule has 0 unspecified atom stereocenters. The molecule has 0 atom stereocenters. The van der Waals surface area contributed by atoms with Gasteiger partial charge in [0.15, 0.2) is 0 Å². The minimum atomic E-state index is -0.217. The van der Waals surface area contributed by atoms with E-state index < -0.39 is 0 Å². The van der Waals surface area contributed by atoms with E-state index >= 15 is 0 Å². The molecule has 1 aromatic rings. The van der Waals surface area contributed by atoms with Gasteiger partial charge in [0, 0.05) is 12.1 Å². The highest BCUT2D eigenvalue weighted by molar-refractivity contribution is 5.33. The highest BCUT2D eigenvalue weighted by Crippen LogP contribution is 2.40. The number of halogens is 1. The molecule has 19 heavy (non-hydrogen) atoms. The molecular weight excluding hydrogens is 241 g/mol. The van der Waals surface area contributed by atoms with Crippen LogP contribution < -0.4 is 10.1 Å². The molecule has 1 N–H and O–H groups in total. The van der Waals surface area contributed by atoms with E-state index in [1.165, 1.54) is 31.4 Å². The third-order valence-corrected chi connectivity index (χ3v) is 4.33. The Morgan fingerprint density at radius 1 is 1.37 bits per heavy atom. The van der Waals surface area contributed by atoms with Crippen molar-refractivity contribution in [3.8, 4) is 5.75 Å². The van der Waals surface area contributed by atoms with Crippen LogP contribution in [0.3, 0.4) is 0 Å². The zero-order valence-corrected chi connectivity index (χ0v) is 11.5. The summed E-state index contributed by atoms with van der Waals surface area (Å²) >= 11 is 0. The number of hydrogen-bond acceptors (Lipinski definition) is 2. The molecule has 2 aliphatic rings. The fourth-order valence-corrected chi connectivity index (χ4v) is 2.68. The van der Waals surface area contributed by atoms with Gasteiger partial charge in [0.1, 0.15) is 17.2 Å². The molecule has 0 spiro atoms. The molecule has 0 heterocycles. The second kappa shape index (κ2) is 5.12. The smallest absolute Gasteiger partial charge is 0.126 e. The predicted molar refractivity (Wildman–Crippen MR) is 74.0 cm³/mol. The summed E-state index contributed by atoms with van der Waals surface area (Å²) in [6, 6.07) is 5.54. The first kappa shape index (κ1) is 12.9. The highest BCUT2D eigenvalue weighted by Gasteiger charge is 2.39. The number of nitrogens with one attached hydrogen (secondary N) is 1. The summed E-state index contributed by atoms with van der Waals surface area (Å²) in [4.78, 5) is 0. The van der Waals surface area contributed by atoms with E-state index in [1.54, 1.807) is 6.07 Å². The van der Waals surface area contributed by atoms with Crippen molar-refractivity contribution in [2.24, 2.45) is 0 Å². The zero-order chi connectivity index (χ0) is 13.3. The van der Waals surface area contributed by atoms with E-state index in [0.29, 0.717) is 5.75 Å². The third-order valence-electron chi connectivity index (χ3n) is 4.33. The molecule has 2 aliphatic carbocycles. The zero-order valence-electron chi connectivity index (χ0n) is 11.5. The van der Waals surface area contributed by atoms with Crippen LogP contribution in [0, 0.1) is 12.7 Å². The Bertz CT molecular complexity index is 452. The Hall–Kier alpha value is -1.09. The van der Waals surface area contributed by atoms with E-state index in [9.17, 15) is 4.39 Å². The molecule has 3 rings (SSSR count). The van der Waals surface area contributed by atoms with Crippen LogP contribution in [0.15, 0.2) is 18.2 Å². The van der Waals surface area contributed by atoms with Gasteiger partial charge in [0.25, 0.3) is 0 Å². The van der Waals surface area contributed by atoms with Gasteiger partial charge in [-0.2, -0.15) is 0 Å². The van der Waals surface area contributed by atoms with Crippen molar-refractivity contribution in [2.75, 3.05) is 6.54 Å². The molecule has 2 fully saturated rings. The van der Waals surface area contributed by atoms with Crippen LogP contribution >= 0.6 is 0 Å². The number of rotatable bonds is 6.